The van der Waals surface area contributed by atoms with Crippen LogP contribution < -0.4 is 0 Å². The van der Waals surface area contributed by atoms with Crippen LogP contribution in [0, 0.1) is 11.8 Å². The van der Waals surface area contributed by atoms with E-state index in [1.54, 1.807) is 0 Å². The van der Waals surface area contributed by atoms with E-state index in [9.17, 15) is 0 Å². The maximum Gasteiger partial charge on any atom is 0.0433 e. The van der Waals surface area contributed by atoms with Gasteiger partial charge in [0.1, 0.15) is 0 Å². The first-order valence-electron chi connectivity index (χ1n) is 5.03. The van der Waals surface area contributed by atoms with Crippen molar-refractivity contribution in [2.24, 2.45) is 11.8 Å². The van der Waals surface area contributed by atoms with E-state index in [-0.39, 0.29) is 0 Å². The maximum absolute atomic E-state index is 8.79. The summed E-state index contributed by atoms with van der Waals surface area (Å²) in [6, 6.07) is 0. The fraction of sp³-hybridized carbons (Fsp3) is 0.667. The van der Waals surface area contributed by atoms with Gasteiger partial charge in [-0.1, -0.05) is 37.6 Å². The third-order valence-corrected chi connectivity index (χ3v) is 2.44. The van der Waals surface area contributed by atoms with Gasteiger partial charge < -0.3 is 5.11 Å². The molecule has 0 aromatic carbocycles. The summed E-state index contributed by atoms with van der Waals surface area (Å²) in [6.07, 6.45) is 7.32. The van der Waals surface area contributed by atoms with Crippen LogP contribution in [0.25, 0.3) is 0 Å². The highest BCUT2D eigenvalue weighted by molar-refractivity contribution is 5.16. The Morgan fingerprint density at radius 3 is 2.46 bits per heavy atom. The Hall–Kier alpha value is -0.560. The Morgan fingerprint density at radius 2 is 2.00 bits per heavy atom. The molecule has 2 atom stereocenters. The fourth-order valence-corrected chi connectivity index (χ4v) is 1.36. The molecule has 0 spiro atoms. The van der Waals surface area contributed by atoms with E-state index in [4.69, 9.17) is 5.11 Å². The molecular formula is C12H22O. The van der Waals surface area contributed by atoms with E-state index in [2.05, 4.69) is 39.0 Å². The lowest BCUT2D eigenvalue weighted by atomic mass is 9.91. The van der Waals surface area contributed by atoms with Crippen molar-refractivity contribution in [3.8, 4) is 0 Å². The van der Waals surface area contributed by atoms with Crippen molar-refractivity contribution >= 4 is 0 Å². The van der Waals surface area contributed by atoms with Gasteiger partial charge in [0.05, 0.1) is 0 Å². The van der Waals surface area contributed by atoms with Crippen molar-refractivity contribution in [3.05, 3.63) is 23.8 Å². The number of hydrogen-bond donors (Lipinski definition) is 1. The second-order valence-corrected chi connectivity index (χ2v) is 3.76. The van der Waals surface area contributed by atoms with Crippen LogP contribution in [0.2, 0.25) is 0 Å². The molecule has 0 rings (SSSR count). The normalized spacial score (nSPS) is 17.8. The minimum Gasteiger partial charge on any atom is -0.396 e. The molecule has 0 aliphatic heterocycles. The van der Waals surface area contributed by atoms with E-state index < -0.39 is 0 Å². The van der Waals surface area contributed by atoms with Crippen molar-refractivity contribution in [2.75, 3.05) is 6.61 Å². The van der Waals surface area contributed by atoms with Gasteiger partial charge in [-0.05, 0) is 32.1 Å². The Balaban J connectivity index is 4.10. The third kappa shape index (κ3) is 5.64. The highest BCUT2D eigenvalue weighted by Crippen LogP contribution is 2.17. The summed E-state index contributed by atoms with van der Waals surface area (Å²) >= 11 is 0. The van der Waals surface area contributed by atoms with Gasteiger partial charge in [0, 0.05) is 6.61 Å². The molecule has 0 aliphatic rings. The molecule has 1 nitrogen and oxygen atoms in total. The molecule has 0 radical (unpaired) electrons. The van der Waals surface area contributed by atoms with Crippen LogP contribution in [0.15, 0.2) is 23.8 Å². The summed E-state index contributed by atoms with van der Waals surface area (Å²) in [6.45, 7) is 8.82. The van der Waals surface area contributed by atoms with Crippen LogP contribution in [-0.4, -0.2) is 11.7 Å². The molecule has 13 heavy (non-hydrogen) atoms. The average Bonchev–Trinajstić information content (AvgIpc) is 2.05. The second-order valence-electron chi connectivity index (χ2n) is 3.76. The summed E-state index contributed by atoms with van der Waals surface area (Å²) in [5, 5.41) is 8.79. The van der Waals surface area contributed by atoms with Crippen LogP contribution in [-0.2, 0) is 0 Å². The first-order valence-corrected chi connectivity index (χ1v) is 5.03. The van der Waals surface area contributed by atoms with Gasteiger partial charge in [0.25, 0.3) is 0 Å². The Morgan fingerprint density at radius 1 is 1.38 bits per heavy atom. The maximum atomic E-state index is 8.79. The molecule has 0 aliphatic carbocycles. The highest BCUT2D eigenvalue weighted by atomic mass is 16.3. The smallest absolute Gasteiger partial charge is 0.0433 e. The topological polar surface area (TPSA) is 20.2 Å². The predicted octanol–water partition coefficient (Wildman–Crippen LogP) is 3.16. The number of aliphatic hydroxyl groups is 1. The summed E-state index contributed by atoms with van der Waals surface area (Å²) in [7, 11) is 0. The summed E-state index contributed by atoms with van der Waals surface area (Å²) in [4.78, 5) is 0. The Kier molecular flexibility index (Phi) is 6.61. The molecule has 1 N–H and O–H groups in total. The molecule has 0 saturated heterocycles. The van der Waals surface area contributed by atoms with Gasteiger partial charge in [0.15, 0.2) is 0 Å². The first kappa shape index (κ1) is 12.4. The van der Waals surface area contributed by atoms with Gasteiger partial charge in [-0.2, -0.15) is 0 Å². The molecule has 0 aromatic heterocycles. The van der Waals surface area contributed by atoms with E-state index in [0.717, 1.165) is 6.42 Å². The SMILES string of the molecule is C/C=C\C(C)=C\[C@H](C)[C@@H](C)CCO. The zero-order valence-corrected chi connectivity index (χ0v) is 9.25. The van der Waals surface area contributed by atoms with E-state index in [1.807, 2.05) is 6.92 Å². The van der Waals surface area contributed by atoms with Crippen molar-refractivity contribution in [1.29, 1.82) is 0 Å². The van der Waals surface area contributed by atoms with E-state index in [1.165, 1.54) is 5.57 Å². The van der Waals surface area contributed by atoms with Crippen LogP contribution in [0.4, 0.5) is 0 Å². The predicted molar refractivity (Wildman–Crippen MR) is 58.6 cm³/mol. The van der Waals surface area contributed by atoms with Crippen LogP contribution in [0.1, 0.15) is 34.1 Å². The molecule has 0 amide bonds. The molecule has 76 valence electrons. The van der Waals surface area contributed by atoms with E-state index >= 15 is 0 Å². The van der Waals surface area contributed by atoms with Crippen molar-refractivity contribution < 1.29 is 5.11 Å². The number of allylic oxidation sites excluding steroid dienone is 4. The Labute approximate surface area is 82.2 Å². The number of rotatable bonds is 5. The largest absolute Gasteiger partial charge is 0.396 e. The van der Waals surface area contributed by atoms with E-state index in [0.29, 0.717) is 18.4 Å². The number of aliphatic hydroxyl groups excluding tert-OH is 1. The van der Waals surface area contributed by atoms with Gasteiger partial charge in [0.2, 0.25) is 0 Å². The van der Waals surface area contributed by atoms with Crippen LogP contribution in [0.3, 0.4) is 0 Å². The second kappa shape index (κ2) is 6.90. The van der Waals surface area contributed by atoms with Crippen molar-refractivity contribution in [1.82, 2.24) is 0 Å². The first-order chi connectivity index (χ1) is 6.11. The minimum absolute atomic E-state index is 0.294. The van der Waals surface area contributed by atoms with Gasteiger partial charge in [-0.25, -0.2) is 0 Å². The van der Waals surface area contributed by atoms with Gasteiger partial charge >= 0.3 is 0 Å². The lowest BCUT2D eigenvalue weighted by Gasteiger charge is -2.15. The standard InChI is InChI=1S/C12H22O/c1-5-6-10(2)9-12(4)11(3)7-8-13/h5-6,9,11-13H,7-8H2,1-4H3/b6-5-,10-9+/t11-,12-/m0/s1. The molecule has 0 fully saturated rings. The zero-order valence-electron chi connectivity index (χ0n) is 9.25. The highest BCUT2D eigenvalue weighted by Gasteiger charge is 2.08. The zero-order chi connectivity index (χ0) is 10.3. The third-order valence-electron chi connectivity index (χ3n) is 2.44. The fourth-order valence-electron chi connectivity index (χ4n) is 1.36. The molecule has 0 heterocycles. The lowest BCUT2D eigenvalue weighted by molar-refractivity contribution is 0.247. The molecule has 0 aromatic rings. The van der Waals surface area contributed by atoms with Crippen LogP contribution in [0.5, 0.6) is 0 Å². The average molecular weight is 182 g/mol. The van der Waals surface area contributed by atoms with Crippen LogP contribution >= 0.6 is 0 Å². The molecule has 1 heteroatoms. The lowest BCUT2D eigenvalue weighted by Crippen LogP contribution is -2.07. The molecule has 0 unspecified atom stereocenters. The Bertz CT molecular complexity index is 180. The molecular weight excluding hydrogens is 160 g/mol. The quantitative estimate of drug-likeness (QED) is 0.647. The summed E-state index contributed by atoms with van der Waals surface area (Å²) in [5.41, 5.74) is 1.31. The molecule has 0 bridgehead atoms. The van der Waals surface area contributed by atoms with Crippen molar-refractivity contribution in [2.45, 2.75) is 34.1 Å². The number of hydrogen-bond acceptors (Lipinski definition) is 1. The monoisotopic (exact) mass is 182 g/mol. The summed E-state index contributed by atoms with van der Waals surface area (Å²) < 4.78 is 0. The van der Waals surface area contributed by atoms with Gasteiger partial charge in [-0.15, -0.1) is 0 Å². The molecule has 0 saturated carbocycles. The van der Waals surface area contributed by atoms with Crippen molar-refractivity contribution in [3.63, 3.8) is 0 Å². The van der Waals surface area contributed by atoms with Gasteiger partial charge in [-0.3, -0.25) is 0 Å². The minimum atomic E-state index is 0.294. The summed E-state index contributed by atoms with van der Waals surface area (Å²) in [5.74, 6) is 1.11.